The van der Waals surface area contributed by atoms with Gasteiger partial charge < -0.3 is 19.5 Å². The van der Waals surface area contributed by atoms with Crippen molar-refractivity contribution in [1.82, 2.24) is 19.4 Å². The van der Waals surface area contributed by atoms with Crippen molar-refractivity contribution >= 4 is 22.6 Å². The molecule has 3 aromatic rings. The van der Waals surface area contributed by atoms with Gasteiger partial charge in [0.15, 0.2) is 0 Å². The van der Waals surface area contributed by atoms with Gasteiger partial charge >= 0.3 is 0 Å². The summed E-state index contributed by atoms with van der Waals surface area (Å²) in [5.74, 6) is 0.704. The van der Waals surface area contributed by atoms with Crippen molar-refractivity contribution in [2.45, 2.75) is 45.7 Å². The molecule has 1 fully saturated rings. The first-order chi connectivity index (χ1) is 17.2. The molecule has 0 radical (unpaired) electrons. The number of methoxy groups -OCH3 is 1. The minimum atomic E-state index is -1.21. The smallest absolute Gasteiger partial charge is 0.295 e. The van der Waals surface area contributed by atoms with Gasteiger partial charge in [0.25, 0.3) is 5.56 Å². The quantitative estimate of drug-likeness (QED) is 0.561. The van der Waals surface area contributed by atoms with E-state index < -0.39 is 17.8 Å². The van der Waals surface area contributed by atoms with Gasteiger partial charge in [0, 0.05) is 26.2 Å². The number of alkyl halides is 1. The molecule has 0 bridgehead atoms. The number of ether oxygens (including phenoxy) is 1. The number of nitrogens with one attached hydrogen (secondary N) is 1. The highest BCUT2D eigenvalue weighted by atomic mass is 19.1. The number of nitrogens with zero attached hydrogens (tertiary/aromatic N) is 5. The molecule has 36 heavy (non-hydrogen) atoms. The van der Waals surface area contributed by atoms with E-state index in [4.69, 9.17) is 4.74 Å². The van der Waals surface area contributed by atoms with E-state index >= 15 is 0 Å². The number of anilines is 1. The molecule has 0 aliphatic carbocycles. The molecule has 2 aromatic heterocycles. The number of aromatic nitrogens is 3. The lowest BCUT2D eigenvalue weighted by Gasteiger charge is -2.29. The first-order valence-electron chi connectivity index (χ1n) is 11.7. The number of likely N-dealkylation sites (tertiary alicyclic amines) is 1. The lowest BCUT2D eigenvalue weighted by atomic mass is 9.98. The second-order valence-electron chi connectivity index (χ2n) is 9.27. The minimum absolute atomic E-state index is 0.00883. The van der Waals surface area contributed by atoms with Crippen LogP contribution >= 0.6 is 0 Å². The highest BCUT2D eigenvalue weighted by Crippen LogP contribution is 2.34. The van der Waals surface area contributed by atoms with Crippen LogP contribution in [-0.4, -0.2) is 52.2 Å². The third kappa shape index (κ3) is 4.15. The number of halogens is 1. The van der Waals surface area contributed by atoms with E-state index in [1.54, 1.807) is 24.1 Å². The summed E-state index contributed by atoms with van der Waals surface area (Å²) in [5.41, 5.74) is 0.960. The van der Waals surface area contributed by atoms with Gasteiger partial charge in [-0.05, 0) is 44.4 Å². The highest BCUT2D eigenvalue weighted by molar-refractivity contribution is 5.92. The van der Waals surface area contributed by atoms with Crippen molar-refractivity contribution in [3.8, 4) is 11.8 Å². The number of carbonyl (C=O) groups is 1. The van der Waals surface area contributed by atoms with E-state index in [-0.39, 0.29) is 24.2 Å². The van der Waals surface area contributed by atoms with Crippen molar-refractivity contribution in [1.29, 1.82) is 5.26 Å². The lowest BCUT2D eigenvalue weighted by Crippen LogP contribution is -2.45. The Morgan fingerprint density at radius 2 is 2.11 bits per heavy atom. The van der Waals surface area contributed by atoms with E-state index in [9.17, 15) is 19.2 Å². The van der Waals surface area contributed by atoms with Gasteiger partial charge in [0.1, 0.15) is 23.8 Å². The molecular formula is C26H29FN6O3. The summed E-state index contributed by atoms with van der Waals surface area (Å²) in [6.45, 7) is 6.60. The summed E-state index contributed by atoms with van der Waals surface area (Å²) < 4.78 is 21.4. The molecule has 4 rings (SSSR count). The van der Waals surface area contributed by atoms with Crippen LogP contribution < -0.4 is 15.6 Å². The highest BCUT2D eigenvalue weighted by Gasteiger charge is 2.42. The van der Waals surface area contributed by atoms with Crippen molar-refractivity contribution in [3.05, 3.63) is 57.3 Å². The third-order valence-corrected chi connectivity index (χ3v) is 7.00. The summed E-state index contributed by atoms with van der Waals surface area (Å²) in [6.07, 6.45) is 1.86. The zero-order valence-corrected chi connectivity index (χ0v) is 21.1. The van der Waals surface area contributed by atoms with Crippen LogP contribution in [0.1, 0.15) is 48.8 Å². The molecule has 188 valence electrons. The first-order valence-corrected chi connectivity index (χ1v) is 11.7. The molecule has 1 aromatic carbocycles. The Hall–Kier alpha value is -4.00. The predicted octanol–water partition coefficient (Wildman–Crippen LogP) is 3.38. The van der Waals surface area contributed by atoms with Gasteiger partial charge in [-0.3, -0.25) is 9.59 Å². The lowest BCUT2D eigenvalue weighted by molar-refractivity contribution is -0.128. The fourth-order valence-corrected chi connectivity index (χ4v) is 4.94. The van der Waals surface area contributed by atoms with Crippen LogP contribution in [0.3, 0.4) is 0 Å². The third-order valence-electron chi connectivity index (χ3n) is 7.00. The molecule has 3 heterocycles. The first kappa shape index (κ1) is 25.1. The van der Waals surface area contributed by atoms with E-state index in [1.165, 1.54) is 18.6 Å². The van der Waals surface area contributed by atoms with Gasteiger partial charge in [-0.25, -0.2) is 14.4 Å². The van der Waals surface area contributed by atoms with Gasteiger partial charge in [0.2, 0.25) is 11.7 Å². The Labute approximate surface area is 208 Å². The van der Waals surface area contributed by atoms with Crippen LogP contribution in [0.2, 0.25) is 0 Å². The molecule has 0 spiro atoms. The molecule has 9 nitrogen and oxygen atoms in total. The van der Waals surface area contributed by atoms with Crippen LogP contribution in [0.15, 0.2) is 29.2 Å². The number of nitriles is 1. The largest absolute Gasteiger partial charge is 0.490 e. The zero-order chi connectivity index (χ0) is 26.2. The molecule has 1 N–H and O–H groups in total. The van der Waals surface area contributed by atoms with Gasteiger partial charge in [-0.1, -0.05) is 12.1 Å². The Morgan fingerprint density at radius 3 is 2.72 bits per heavy atom. The predicted molar refractivity (Wildman–Crippen MR) is 134 cm³/mol. The maximum absolute atomic E-state index is 14.6. The van der Waals surface area contributed by atoms with Crippen molar-refractivity contribution in [3.63, 3.8) is 0 Å². The number of benzene rings is 1. The molecule has 1 amide bonds. The minimum Gasteiger partial charge on any atom is -0.490 e. The van der Waals surface area contributed by atoms with Crippen LogP contribution in [0.25, 0.3) is 10.9 Å². The van der Waals surface area contributed by atoms with E-state index in [1.807, 2.05) is 26.0 Å². The number of aryl methyl sites for hydroxylation is 1. The van der Waals surface area contributed by atoms with Crippen molar-refractivity contribution < 1.29 is 13.9 Å². The van der Waals surface area contributed by atoms with Crippen molar-refractivity contribution in [2.75, 3.05) is 32.2 Å². The molecule has 1 saturated heterocycles. The monoisotopic (exact) mass is 492 g/mol. The normalized spacial score (nSPS) is 18.2. The molecule has 10 heteroatoms. The molecule has 2 atom stereocenters. The number of rotatable bonds is 6. The summed E-state index contributed by atoms with van der Waals surface area (Å²) in [4.78, 5) is 36.0. The molecular weight excluding hydrogens is 463 g/mol. The summed E-state index contributed by atoms with van der Waals surface area (Å²) in [5, 5.41) is 13.3. The van der Waals surface area contributed by atoms with Crippen LogP contribution in [-0.2, 0) is 10.3 Å². The van der Waals surface area contributed by atoms with Gasteiger partial charge in [-0.2, -0.15) is 5.26 Å². The molecule has 1 unspecified atom stereocenters. The number of amides is 1. The molecule has 1 aliphatic heterocycles. The zero-order valence-electron chi connectivity index (χ0n) is 21.1. The fourth-order valence-electron chi connectivity index (χ4n) is 4.94. The van der Waals surface area contributed by atoms with Gasteiger partial charge in [0.05, 0.1) is 35.7 Å². The summed E-state index contributed by atoms with van der Waals surface area (Å²) in [7, 11) is 1.38. The van der Waals surface area contributed by atoms with Crippen molar-refractivity contribution in [2.24, 2.45) is 0 Å². The number of hydrogen-bond acceptors (Lipinski definition) is 7. The molecule has 0 saturated carbocycles. The average molecular weight is 493 g/mol. The number of pyridine rings is 1. The number of hydrogen-bond donors (Lipinski definition) is 1. The Bertz CT molecular complexity index is 1450. The van der Waals surface area contributed by atoms with E-state index in [2.05, 4.69) is 21.4 Å². The van der Waals surface area contributed by atoms with E-state index in [0.29, 0.717) is 41.1 Å². The second kappa shape index (κ2) is 9.57. The maximum Gasteiger partial charge on any atom is 0.295 e. The number of fused-ring (bicyclic) bond motifs is 1. The number of carbonyl (C=O) groups excluding carboxylic acids is 1. The van der Waals surface area contributed by atoms with Crippen LogP contribution in [0.4, 0.5) is 10.2 Å². The average Bonchev–Trinajstić information content (AvgIpc) is 3.30. The maximum atomic E-state index is 14.6. The van der Waals surface area contributed by atoms with Crippen LogP contribution in [0, 0.1) is 25.2 Å². The second-order valence-corrected chi connectivity index (χ2v) is 9.27. The summed E-state index contributed by atoms with van der Waals surface area (Å²) in [6, 6.07) is 7.50. The Kier molecular flexibility index (Phi) is 6.67. The standard InChI is InChI=1S/C26H29FN6O3/c1-15-19(11-28)7-6-8-20(15)16(2)29-24-21-12-33(26(13-27)9-10-32(14-26)18(4)34)25(35)23(36-5)22(21)30-17(3)31-24/h6-8,12,16H,9-10,13-14H2,1-5H3,(H,29,30,31)/t16-,26?/m1/s1. The topological polar surface area (TPSA) is 113 Å². The van der Waals surface area contributed by atoms with E-state index in [0.717, 1.165) is 11.1 Å². The Balaban J connectivity index is 1.89. The van der Waals surface area contributed by atoms with Crippen LogP contribution in [0.5, 0.6) is 5.75 Å². The SMILES string of the molecule is COc1c(=O)n(C2(CF)CCN(C(C)=O)C2)cc2c(N[C@H](C)c3cccc(C#N)c3C)nc(C)nc12. The fraction of sp³-hybridized carbons (Fsp3) is 0.423. The Morgan fingerprint density at radius 1 is 1.36 bits per heavy atom. The summed E-state index contributed by atoms with van der Waals surface area (Å²) >= 11 is 0. The molecule has 1 aliphatic rings. The van der Waals surface area contributed by atoms with Gasteiger partial charge in [-0.15, -0.1) is 0 Å².